The van der Waals surface area contributed by atoms with E-state index < -0.39 is 6.09 Å². The van der Waals surface area contributed by atoms with Crippen LogP contribution in [-0.2, 0) is 16.0 Å². The first kappa shape index (κ1) is 22.8. The van der Waals surface area contributed by atoms with E-state index in [4.69, 9.17) is 4.74 Å². The van der Waals surface area contributed by atoms with Gasteiger partial charge in [-0.25, -0.2) is 9.69 Å². The number of nitrogens with zero attached hydrogens (tertiary/aromatic N) is 3. The molecule has 1 aromatic carbocycles. The van der Waals surface area contributed by atoms with Crippen molar-refractivity contribution in [3.63, 3.8) is 0 Å². The molecule has 4 rings (SSSR count). The minimum atomic E-state index is -0.534. The molecular formula is C26H35N3O3. The molecule has 1 aliphatic carbocycles. The van der Waals surface area contributed by atoms with E-state index in [9.17, 15) is 14.9 Å². The Kier molecular flexibility index (Phi) is 7.15. The van der Waals surface area contributed by atoms with Crippen LogP contribution in [0, 0.1) is 23.2 Å². The lowest BCUT2D eigenvalue weighted by Crippen LogP contribution is -2.58. The summed E-state index contributed by atoms with van der Waals surface area (Å²) >= 11 is 0. The fourth-order valence-corrected chi connectivity index (χ4v) is 5.97. The zero-order valence-corrected chi connectivity index (χ0v) is 19.3. The van der Waals surface area contributed by atoms with Crippen LogP contribution in [0.1, 0.15) is 64.4 Å². The van der Waals surface area contributed by atoms with Crippen LogP contribution in [0.3, 0.4) is 0 Å². The van der Waals surface area contributed by atoms with Crippen molar-refractivity contribution in [2.24, 2.45) is 11.8 Å². The second kappa shape index (κ2) is 10.0. The van der Waals surface area contributed by atoms with Gasteiger partial charge in [-0.2, -0.15) is 5.26 Å². The van der Waals surface area contributed by atoms with Gasteiger partial charge in [-0.1, -0.05) is 63.4 Å². The third-order valence-electron chi connectivity index (χ3n) is 7.92. The highest BCUT2D eigenvalue weighted by Gasteiger charge is 2.46. The monoisotopic (exact) mass is 437 g/mol. The van der Waals surface area contributed by atoms with Crippen molar-refractivity contribution in [3.05, 3.63) is 35.9 Å². The lowest BCUT2D eigenvalue weighted by molar-refractivity contribution is -0.133. The van der Waals surface area contributed by atoms with Crippen LogP contribution in [0.2, 0.25) is 0 Å². The molecular weight excluding hydrogens is 402 g/mol. The van der Waals surface area contributed by atoms with Gasteiger partial charge in [-0.15, -0.1) is 0 Å². The highest BCUT2D eigenvalue weighted by molar-refractivity contribution is 5.93. The van der Waals surface area contributed by atoms with Crippen molar-refractivity contribution >= 4 is 12.0 Å². The Morgan fingerprint density at radius 2 is 1.88 bits per heavy atom. The summed E-state index contributed by atoms with van der Waals surface area (Å²) in [5.41, 5.74) is 1.08. The van der Waals surface area contributed by atoms with E-state index in [0.29, 0.717) is 18.4 Å². The Bertz CT molecular complexity index is 846. The summed E-state index contributed by atoms with van der Waals surface area (Å²) in [4.78, 5) is 29.7. The predicted molar refractivity (Wildman–Crippen MR) is 122 cm³/mol. The summed E-state index contributed by atoms with van der Waals surface area (Å²) in [7, 11) is 0. The van der Waals surface area contributed by atoms with Gasteiger partial charge in [-0.3, -0.25) is 9.69 Å². The Morgan fingerprint density at radius 3 is 2.56 bits per heavy atom. The lowest BCUT2D eigenvalue weighted by Gasteiger charge is -2.50. The minimum Gasteiger partial charge on any atom is -0.447 e. The molecule has 32 heavy (non-hydrogen) atoms. The molecule has 5 atom stereocenters. The zero-order valence-electron chi connectivity index (χ0n) is 19.3. The maximum atomic E-state index is 13.5. The number of cyclic esters (lactones) is 1. The topological polar surface area (TPSA) is 73.6 Å². The number of ether oxygens (including phenoxy) is 1. The lowest BCUT2D eigenvalue weighted by atomic mass is 9.75. The largest absolute Gasteiger partial charge is 0.447 e. The van der Waals surface area contributed by atoms with Crippen LogP contribution >= 0.6 is 0 Å². The standard InChI is InChI=1S/C26H35N3O3/c1-18-13-22(16-27)28(21-11-7-4-8-12-21)24(19(18)2)15-25(30)29-23(17-32-26(29)31)14-20-9-5-3-6-10-20/h3,5-6,9-10,18-19,21-24H,4,7-8,11-15,17H2,1-2H3/t18-,19-,22?,23+,24+/m1/s1. The van der Waals surface area contributed by atoms with Gasteiger partial charge in [0.15, 0.2) is 0 Å². The number of hydrogen-bond donors (Lipinski definition) is 0. The number of nitriles is 1. The van der Waals surface area contributed by atoms with E-state index in [1.165, 1.54) is 24.2 Å². The number of carbonyl (C=O) groups is 2. The molecule has 2 amide bonds. The van der Waals surface area contributed by atoms with Crippen molar-refractivity contribution in [1.82, 2.24) is 9.80 Å². The minimum absolute atomic E-state index is 0.0234. The highest BCUT2D eigenvalue weighted by Crippen LogP contribution is 2.39. The number of carbonyl (C=O) groups excluding carboxylic acids is 2. The molecule has 0 N–H and O–H groups in total. The van der Waals surface area contributed by atoms with Crippen LogP contribution in [0.15, 0.2) is 30.3 Å². The van der Waals surface area contributed by atoms with E-state index in [0.717, 1.165) is 24.8 Å². The summed E-state index contributed by atoms with van der Waals surface area (Å²) < 4.78 is 5.29. The Balaban J connectivity index is 1.54. The molecule has 1 unspecified atom stereocenters. The average Bonchev–Trinajstić information content (AvgIpc) is 3.17. The first-order chi connectivity index (χ1) is 15.5. The molecule has 1 aromatic rings. The maximum Gasteiger partial charge on any atom is 0.416 e. The van der Waals surface area contributed by atoms with Crippen molar-refractivity contribution in [3.8, 4) is 6.07 Å². The smallest absolute Gasteiger partial charge is 0.416 e. The number of rotatable bonds is 5. The van der Waals surface area contributed by atoms with Crippen LogP contribution < -0.4 is 0 Å². The molecule has 2 saturated heterocycles. The van der Waals surface area contributed by atoms with Gasteiger partial charge in [0.25, 0.3) is 0 Å². The molecule has 6 heteroatoms. The molecule has 2 heterocycles. The van der Waals surface area contributed by atoms with Crippen LogP contribution in [0.25, 0.3) is 0 Å². The number of benzene rings is 1. The molecule has 0 spiro atoms. The summed E-state index contributed by atoms with van der Waals surface area (Å²) in [6.45, 7) is 4.63. The van der Waals surface area contributed by atoms with E-state index in [1.807, 2.05) is 30.3 Å². The molecule has 1 saturated carbocycles. The number of piperidine rings is 1. The third-order valence-corrected chi connectivity index (χ3v) is 7.92. The van der Waals surface area contributed by atoms with Gasteiger partial charge >= 0.3 is 6.09 Å². The molecule has 0 radical (unpaired) electrons. The molecule has 2 aliphatic heterocycles. The fourth-order valence-electron chi connectivity index (χ4n) is 5.97. The van der Waals surface area contributed by atoms with Gasteiger partial charge in [-0.05, 0) is 43.1 Å². The summed E-state index contributed by atoms with van der Waals surface area (Å²) in [5, 5.41) is 9.95. The van der Waals surface area contributed by atoms with Gasteiger partial charge in [0, 0.05) is 18.5 Å². The first-order valence-electron chi connectivity index (χ1n) is 12.2. The summed E-state index contributed by atoms with van der Waals surface area (Å²) in [6.07, 6.45) is 6.97. The van der Waals surface area contributed by atoms with Crippen molar-refractivity contribution in [1.29, 1.82) is 5.26 Å². The number of imide groups is 1. The Labute approximate surface area is 191 Å². The Morgan fingerprint density at radius 1 is 1.16 bits per heavy atom. The number of hydrogen-bond acceptors (Lipinski definition) is 5. The van der Waals surface area contributed by atoms with E-state index in [1.54, 1.807) is 0 Å². The molecule has 3 fully saturated rings. The van der Waals surface area contributed by atoms with E-state index >= 15 is 0 Å². The van der Waals surface area contributed by atoms with Crippen LogP contribution in [-0.4, -0.2) is 52.6 Å². The van der Waals surface area contributed by atoms with Crippen molar-refractivity contribution in [2.45, 2.75) is 89.4 Å². The van der Waals surface area contributed by atoms with Gasteiger partial charge < -0.3 is 4.74 Å². The van der Waals surface area contributed by atoms with Gasteiger partial charge in [0.2, 0.25) is 5.91 Å². The quantitative estimate of drug-likeness (QED) is 0.676. The Hall–Kier alpha value is -2.39. The maximum absolute atomic E-state index is 13.5. The van der Waals surface area contributed by atoms with Crippen LogP contribution in [0.5, 0.6) is 0 Å². The second-order valence-electron chi connectivity index (χ2n) is 9.91. The van der Waals surface area contributed by atoms with E-state index in [-0.39, 0.29) is 43.0 Å². The summed E-state index contributed by atoms with van der Waals surface area (Å²) in [6, 6.07) is 12.3. The third kappa shape index (κ3) is 4.68. The summed E-state index contributed by atoms with van der Waals surface area (Å²) in [5.74, 6) is 0.483. The highest BCUT2D eigenvalue weighted by atomic mass is 16.6. The molecule has 172 valence electrons. The average molecular weight is 438 g/mol. The van der Waals surface area contributed by atoms with Crippen molar-refractivity contribution < 1.29 is 14.3 Å². The van der Waals surface area contributed by atoms with Crippen molar-refractivity contribution in [2.75, 3.05) is 6.61 Å². The second-order valence-corrected chi connectivity index (χ2v) is 9.91. The predicted octanol–water partition coefficient (Wildman–Crippen LogP) is 4.54. The number of likely N-dealkylation sites (tertiary alicyclic amines) is 1. The van der Waals surface area contributed by atoms with Gasteiger partial charge in [0.1, 0.15) is 6.61 Å². The van der Waals surface area contributed by atoms with Crippen LogP contribution in [0.4, 0.5) is 4.79 Å². The number of amides is 2. The molecule has 0 aromatic heterocycles. The zero-order chi connectivity index (χ0) is 22.7. The molecule has 6 nitrogen and oxygen atoms in total. The fraction of sp³-hybridized carbons (Fsp3) is 0.654. The normalized spacial score (nSPS) is 31.8. The molecule has 0 bridgehead atoms. The van der Waals surface area contributed by atoms with Gasteiger partial charge in [0.05, 0.1) is 18.2 Å². The SMILES string of the molecule is C[C@@H]1[C@H](C)CC(C#N)N(C2CCCCC2)[C@H]1CC(=O)N1C(=O)OC[C@@H]1Cc1ccccc1. The molecule has 3 aliphatic rings. The first-order valence-corrected chi connectivity index (χ1v) is 12.2. The van der Waals surface area contributed by atoms with E-state index in [2.05, 4.69) is 24.8 Å².